The van der Waals surface area contributed by atoms with Gasteiger partial charge in [0.2, 0.25) is 0 Å². The van der Waals surface area contributed by atoms with Crippen molar-refractivity contribution in [3.8, 4) is 11.5 Å². The van der Waals surface area contributed by atoms with Crippen molar-refractivity contribution in [1.29, 1.82) is 0 Å². The number of nitrogens with zero attached hydrogens (tertiary/aromatic N) is 1. The van der Waals surface area contributed by atoms with Crippen LogP contribution in [-0.2, 0) is 17.8 Å². The number of nitrogens with one attached hydrogen (secondary N) is 1. The van der Waals surface area contributed by atoms with Crippen LogP contribution in [0.1, 0.15) is 28.4 Å². The molecule has 1 aliphatic heterocycles. The summed E-state index contributed by atoms with van der Waals surface area (Å²) in [5.41, 5.74) is 1.92. The molecular weight excluding hydrogens is 442 g/mol. The molecule has 1 heterocycles. The number of hydrogen-bond donors (Lipinski definition) is 1. The van der Waals surface area contributed by atoms with E-state index in [-0.39, 0.29) is 11.5 Å². The van der Waals surface area contributed by atoms with E-state index in [0.717, 1.165) is 23.4 Å². The van der Waals surface area contributed by atoms with Gasteiger partial charge in [0.15, 0.2) is 6.10 Å². The summed E-state index contributed by atoms with van der Waals surface area (Å²) in [6.45, 7) is 2.48. The summed E-state index contributed by atoms with van der Waals surface area (Å²) in [5, 5.41) is 2.62. The number of fused-ring (bicyclic) bond motifs is 1. The highest BCUT2D eigenvalue weighted by molar-refractivity contribution is 6.04. The molecule has 8 heteroatoms. The van der Waals surface area contributed by atoms with Crippen LogP contribution in [0.15, 0.2) is 60.7 Å². The van der Waals surface area contributed by atoms with Gasteiger partial charge in [0.25, 0.3) is 11.8 Å². The lowest BCUT2D eigenvalue weighted by molar-refractivity contribution is -0.137. The smallest absolute Gasteiger partial charge is 0.263 e. The minimum absolute atomic E-state index is 0.135. The van der Waals surface area contributed by atoms with E-state index in [1.54, 1.807) is 37.1 Å². The van der Waals surface area contributed by atoms with Gasteiger partial charge in [-0.05, 0) is 61.4 Å². The standard InChI is InChI=1S/C26H24F2N2O4/c1-16-26(32)30(12-11-17-3-7-21(33-2)8-4-17)15-18-13-20(6-10-24(18)34-16)29-25(31)22-9-5-19(27)14-23(22)28/h3-10,13-14,16H,11-12,15H2,1-2H3,(H,29,31)/t16-/m1/s1. The lowest BCUT2D eigenvalue weighted by Gasteiger charge is -2.22. The van der Waals surface area contributed by atoms with Crippen molar-refractivity contribution in [2.45, 2.75) is 26.0 Å². The van der Waals surface area contributed by atoms with Crippen molar-refractivity contribution in [1.82, 2.24) is 4.90 Å². The van der Waals surface area contributed by atoms with Crippen molar-refractivity contribution < 1.29 is 27.8 Å². The largest absolute Gasteiger partial charge is 0.497 e. The quantitative estimate of drug-likeness (QED) is 0.578. The molecule has 0 radical (unpaired) electrons. The number of methoxy groups -OCH3 is 1. The van der Waals surface area contributed by atoms with Gasteiger partial charge in [-0.25, -0.2) is 8.78 Å². The van der Waals surface area contributed by atoms with Crippen LogP contribution in [0.2, 0.25) is 0 Å². The number of halogens is 2. The molecule has 4 rings (SSSR count). The zero-order valence-corrected chi connectivity index (χ0v) is 18.8. The minimum atomic E-state index is -0.945. The van der Waals surface area contributed by atoms with Gasteiger partial charge in [0.1, 0.15) is 23.1 Å². The molecule has 2 amide bonds. The molecule has 0 aromatic heterocycles. The number of ether oxygens (including phenoxy) is 2. The van der Waals surface area contributed by atoms with E-state index in [2.05, 4.69) is 5.32 Å². The van der Waals surface area contributed by atoms with E-state index in [1.807, 2.05) is 24.3 Å². The van der Waals surface area contributed by atoms with E-state index in [0.29, 0.717) is 42.6 Å². The Morgan fingerprint density at radius 3 is 2.59 bits per heavy atom. The molecule has 1 aliphatic rings. The fourth-order valence-corrected chi connectivity index (χ4v) is 3.79. The second-order valence-electron chi connectivity index (χ2n) is 8.02. The van der Waals surface area contributed by atoms with Crippen LogP contribution in [0, 0.1) is 11.6 Å². The fourth-order valence-electron chi connectivity index (χ4n) is 3.79. The predicted octanol–water partition coefficient (Wildman–Crippen LogP) is 4.58. The number of carbonyl (C=O) groups excluding carboxylic acids is 2. The molecule has 0 saturated carbocycles. The van der Waals surface area contributed by atoms with Gasteiger partial charge >= 0.3 is 0 Å². The monoisotopic (exact) mass is 466 g/mol. The highest BCUT2D eigenvalue weighted by Crippen LogP contribution is 2.29. The average Bonchev–Trinajstić information content (AvgIpc) is 2.93. The summed E-state index contributed by atoms with van der Waals surface area (Å²) in [5.74, 6) is -1.24. The van der Waals surface area contributed by atoms with Crippen molar-refractivity contribution in [3.63, 3.8) is 0 Å². The maximum absolute atomic E-state index is 14.0. The van der Waals surface area contributed by atoms with Crippen LogP contribution in [0.5, 0.6) is 11.5 Å². The van der Waals surface area contributed by atoms with E-state index < -0.39 is 23.6 Å². The third kappa shape index (κ3) is 5.17. The first-order chi connectivity index (χ1) is 16.3. The van der Waals surface area contributed by atoms with Crippen molar-refractivity contribution in [3.05, 3.63) is 89.0 Å². The van der Waals surface area contributed by atoms with Crippen LogP contribution in [0.4, 0.5) is 14.5 Å². The van der Waals surface area contributed by atoms with Gasteiger partial charge in [-0.2, -0.15) is 0 Å². The molecule has 176 valence electrons. The minimum Gasteiger partial charge on any atom is -0.497 e. The Labute approximate surface area is 196 Å². The molecule has 0 bridgehead atoms. The van der Waals surface area contributed by atoms with Crippen molar-refractivity contribution in [2.24, 2.45) is 0 Å². The Morgan fingerprint density at radius 2 is 1.88 bits per heavy atom. The van der Waals surface area contributed by atoms with Gasteiger partial charge < -0.3 is 19.7 Å². The van der Waals surface area contributed by atoms with Gasteiger partial charge in [-0.15, -0.1) is 0 Å². The molecule has 6 nitrogen and oxygen atoms in total. The Morgan fingerprint density at radius 1 is 1.12 bits per heavy atom. The molecule has 3 aromatic rings. The molecular formula is C26H24F2N2O4. The number of rotatable bonds is 6. The zero-order valence-electron chi connectivity index (χ0n) is 18.8. The molecule has 0 saturated heterocycles. The molecule has 34 heavy (non-hydrogen) atoms. The van der Waals surface area contributed by atoms with Crippen LogP contribution < -0.4 is 14.8 Å². The summed E-state index contributed by atoms with van der Waals surface area (Å²) in [4.78, 5) is 27.1. The lowest BCUT2D eigenvalue weighted by Crippen LogP contribution is -2.39. The summed E-state index contributed by atoms with van der Waals surface area (Å²) in [7, 11) is 1.61. The number of hydrogen-bond acceptors (Lipinski definition) is 4. The highest BCUT2D eigenvalue weighted by atomic mass is 19.1. The van der Waals surface area contributed by atoms with Gasteiger partial charge in [0.05, 0.1) is 12.7 Å². The highest BCUT2D eigenvalue weighted by Gasteiger charge is 2.28. The third-order valence-corrected chi connectivity index (χ3v) is 5.65. The first kappa shape index (κ1) is 23.2. The van der Waals surface area contributed by atoms with Gasteiger partial charge in [0, 0.05) is 30.4 Å². The normalized spacial score (nSPS) is 15.2. The summed E-state index contributed by atoms with van der Waals surface area (Å²) >= 11 is 0. The molecule has 1 atom stereocenters. The van der Waals surface area contributed by atoms with Crippen LogP contribution in [0.25, 0.3) is 0 Å². The number of benzene rings is 3. The van der Waals surface area contributed by atoms with Crippen LogP contribution in [0.3, 0.4) is 0 Å². The Bertz CT molecular complexity index is 1210. The molecule has 1 N–H and O–H groups in total. The number of amides is 2. The van der Waals surface area contributed by atoms with E-state index in [1.165, 1.54) is 0 Å². The summed E-state index contributed by atoms with van der Waals surface area (Å²) in [6, 6.07) is 15.4. The van der Waals surface area contributed by atoms with Crippen molar-refractivity contribution >= 4 is 17.5 Å². The van der Waals surface area contributed by atoms with Crippen LogP contribution in [-0.4, -0.2) is 36.5 Å². The molecule has 0 unspecified atom stereocenters. The first-order valence-corrected chi connectivity index (χ1v) is 10.8. The average molecular weight is 466 g/mol. The second kappa shape index (κ2) is 9.91. The summed E-state index contributed by atoms with van der Waals surface area (Å²) in [6.07, 6.45) is -0.0104. The second-order valence-corrected chi connectivity index (χ2v) is 8.02. The maximum Gasteiger partial charge on any atom is 0.263 e. The van der Waals surface area contributed by atoms with Gasteiger partial charge in [-0.3, -0.25) is 9.59 Å². The zero-order chi connectivity index (χ0) is 24.2. The first-order valence-electron chi connectivity index (χ1n) is 10.8. The van der Waals surface area contributed by atoms with E-state index >= 15 is 0 Å². The molecule has 0 spiro atoms. The molecule has 0 aliphatic carbocycles. The maximum atomic E-state index is 14.0. The Balaban J connectivity index is 1.50. The van der Waals surface area contributed by atoms with Gasteiger partial charge in [-0.1, -0.05) is 12.1 Å². The van der Waals surface area contributed by atoms with E-state index in [4.69, 9.17) is 9.47 Å². The predicted molar refractivity (Wildman–Crippen MR) is 123 cm³/mol. The molecule has 3 aromatic carbocycles. The Kier molecular flexibility index (Phi) is 6.77. The molecule has 0 fully saturated rings. The third-order valence-electron chi connectivity index (χ3n) is 5.65. The number of anilines is 1. The topological polar surface area (TPSA) is 67.9 Å². The number of carbonyl (C=O) groups is 2. The lowest BCUT2D eigenvalue weighted by atomic mass is 10.1. The van der Waals surface area contributed by atoms with Crippen LogP contribution >= 0.6 is 0 Å². The SMILES string of the molecule is COc1ccc(CCN2Cc3cc(NC(=O)c4ccc(F)cc4F)ccc3O[C@H](C)C2=O)cc1. The van der Waals surface area contributed by atoms with Crippen molar-refractivity contribution in [2.75, 3.05) is 19.0 Å². The fraction of sp³-hybridized carbons (Fsp3) is 0.231. The Hall–Kier alpha value is -3.94. The van der Waals surface area contributed by atoms with E-state index in [9.17, 15) is 18.4 Å². The summed E-state index contributed by atoms with van der Waals surface area (Å²) < 4.78 is 38.1.